The van der Waals surface area contributed by atoms with Crippen molar-refractivity contribution in [2.24, 2.45) is 4.99 Å². The number of ether oxygens (including phenoxy) is 2. The lowest BCUT2D eigenvalue weighted by molar-refractivity contribution is 0.269. The normalized spacial score (nSPS) is 11.0. The summed E-state index contributed by atoms with van der Waals surface area (Å²) in [7, 11) is 0. The lowest BCUT2D eigenvalue weighted by Gasteiger charge is -2.15. The molecule has 0 aliphatic heterocycles. The number of benzene rings is 3. The molecule has 0 aliphatic carbocycles. The lowest BCUT2D eigenvalue weighted by atomic mass is 10.2. The molecule has 144 valence electrons. The SMILES string of the molecule is CCOc1cc(C=Nc2ccccc2)cc(Cl)c1OCc1ccc(Cl)cc1Cl. The molecule has 3 aromatic carbocycles. The van der Waals surface area contributed by atoms with Crippen molar-refractivity contribution < 1.29 is 9.47 Å². The van der Waals surface area contributed by atoms with Crippen molar-refractivity contribution in [2.75, 3.05) is 6.61 Å². The molecular weight excluding hydrogens is 417 g/mol. The second-order valence-corrected chi connectivity index (χ2v) is 7.13. The standard InChI is InChI=1S/C22H18Cl3NO2/c1-2-27-21-11-15(13-26-18-6-4-3-5-7-18)10-20(25)22(21)28-14-16-8-9-17(23)12-19(16)24/h3-13H,2,14H2,1H3. The highest BCUT2D eigenvalue weighted by atomic mass is 35.5. The van der Waals surface area contributed by atoms with E-state index in [-0.39, 0.29) is 6.61 Å². The monoisotopic (exact) mass is 433 g/mol. The maximum atomic E-state index is 6.46. The van der Waals surface area contributed by atoms with Crippen molar-refractivity contribution in [1.29, 1.82) is 0 Å². The molecule has 0 aliphatic rings. The van der Waals surface area contributed by atoms with Crippen molar-refractivity contribution in [1.82, 2.24) is 0 Å². The molecule has 0 bridgehead atoms. The van der Waals surface area contributed by atoms with Crippen LogP contribution in [0.15, 0.2) is 65.7 Å². The molecular formula is C22H18Cl3NO2. The van der Waals surface area contributed by atoms with Crippen molar-refractivity contribution in [2.45, 2.75) is 13.5 Å². The number of hydrogen-bond acceptors (Lipinski definition) is 3. The summed E-state index contributed by atoms with van der Waals surface area (Å²) in [6, 6.07) is 18.6. The molecule has 0 heterocycles. The molecule has 0 N–H and O–H groups in total. The third-order valence-electron chi connectivity index (χ3n) is 3.84. The van der Waals surface area contributed by atoms with Crippen LogP contribution >= 0.6 is 34.8 Å². The molecule has 0 amide bonds. The van der Waals surface area contributed by atoms with Gasteiger partial charge in [0.25, 0.3) is 0 Å². The van der Waals surface area contributed by atoms with Gasteiger partial charge in [-0.2, -0.15) is 0 Å². The summed E-state index contributed by atoms with van der Waals surface area (Å²) >= 11 is 18.6. The van der Waals surface area contributed by atoms with E-state index in [1.807, 2.05) is 49.4 Å². The Morgan fingerprint density at radius 3 is 2.39 bits per heavy atom. The fourth-order valence-electron chi connectivity index (χ4n) is 2.52. The quantitative estimate of drug-likeness (QED) is 0.363. The van der Waals surface area contributed by atoms with Crippen LogP contribution in [-0.4, -0.2) is 12.8 Å². The summed E-state index contributed by atoms with van der Waals surface area (Å²) in [5, 5.41) is 1.54. The third kappa shape index (κ3) is 5.41. The first kappa shape index (κ1) is 20.5. The first-order valence-corrected chi connectivity index (χ1v) is 9.82. The largest absolute Gasteiger partial charge is 0.490 e. The van der Waals surface area contributed by atoms with Crippen LogP contribution in [0.2, 0.25) is 15.1 Å². The van der Waals surface area contributed by atoms with Gasteiger partial charge in [-0.15, -0.1) is 0 Å². The van der Waals surface area contributed by atoms with Gasteiger partial charge in [0.1, 0.15) is 6.61 Å². The average molecular weight is 435 g/mol. The number of halogens is 3. The second kappa shape index (κ2) is 9.83. The number of rotatable bonds is 7. The van der Waals surface area contributed by atoms with E-state index < -0.39 is 0 Å². The van der Waals surface area contributed by atoms with Gasteiger partial charge in [-0.05, 0) is 48.9 Å². The van der Waals surface area contributed by atoms with Crippen LogP contribution in [0, 0.1) is 0 Å². The Kier molecular flexibility index (Phi) is 7.21. The van der Waals surface area contributed by atoms with Gasteiger partial charge in [-0.25, -0.2) is 0 Å². The van der Waals surface area contributed by atoms with Crippen molar-refractivity contribution in [3.05, 3.63) is 86.9 Å². The van der Waals surface area contributed by atoms with Gasteiger partial charge >= 0.3 is 0 Å². The summed E-state index contributed by atoms with van der Waals surface area (Å²) < 4.78 is 11.6. The van der Waals surface area contributed by atoms with E-state index in [0.717, 1.165) is 16.8 Å². The molecule has 0 fully saturated rings. The van der Waals surface area contributed by atoms with Crippen molar-refractivity contribution in [3.8, 4) is 11.5 Å². The summed E-state index contributed by atoms with van der Waals surface area (Å²) in [6.07, 6.45) is 1.74. The highest BCUT2D eigenvalue weighted by Gasteiger charge is 2.13. The predicted octanol–water partition coefficient (Wildman–Crippen LogP) is 7.38. The maximum absolute atomic E-state index is 6.46. The van der Waals surface area contributed by atoms with Gasteiger partial charge in [0.05, 0.1) is 17.3 Å². The molecule has 3 nitrogen and oxygen atoms in total. The Morgan fingerprint density at radius 2 is 1.68 bits per heavy atom. The van der Waals surface area contributed by atoms with E-state index in [1.54, 1.807) is 24.4 Å². The minimum atomic E-state index is 0.243. The van der Waals surface area contributed by atoms with Crippen LogP contribution < -0.4 is 9.47 Å². The number of para-hydroxylation sites is 1. The molecule has 0 radical (unpaired) electrons. The molecule has 3 rings (SSSR count). The summed E-state index contributed by atoms with van der Waals surface area (Å²) in [5.74, 6) is 1.01. The molecule has 3 aromatic rings. The zero-order chi connectivity index (χ0) is 19.9. The topological polar surface area (TPSA) is 30.8 Å². The first-order valence-electron chi connectivity index (χ1n) is 8.69. The molecule has 0 atom stereocenters. The van der Waals surface area contributed by atoms with E-state index in [9.17, 15) is 0 Å². The number of aliphatic imine (C=N–C) groups is 1. The fraction of sp³-hybridized carbons (Fsp3) is 0.136. The van der Waals surface area contributed by atoms with E-state index in [4.69, 9.17) is 44.3 Å². The van der Waals surface area contributed by atoms with Gasteiger partial charge in [0.15, 0.2) is 11.5 Å². The summed E-state index contributed by atoms with van der Waals surface area (Å²) in [4.78, 5) is 4.45. The van der Waals surface area contributed by atoms with Crippen LogP contribution in [0.5, 0.6) is 11.5 Å². The van der Waals surface area contributed by atoms with E-state index in [1.165, 1.54) is 0 Å². The summed E-state index contributed by atoms with van der Waals surface area (Å²) in [6.45, 7) is 2.62. The Bertz CT molecular complexity index is 975. The molecule has 0 unspecified atom stereocenters. The Hall–Kier alpha value is -2.20. The van der Waals surface area contributed by atoms with Crippen LogP contribution in [0.25, 0.3) is 0 Å². The molecule has 6 heteroatoms. The third-order valence-corrected chi connectivity index (χ3v) is 4.71. The average Bonchev–Trinajstić information content (AvgIpc) is 2.68. The Labute approximate surface area is 179 Å². The van der Waals surface area contributed by atoms with E-state index >= 15 is 0 Å². The smallest absolute Gasteiger partial charge is 0.180 e. The second-order valence-electron chi connectivity index (χ2n) is 5.88. The van der Waals surface area contributed by atoms with Gasteiger partial charge < -0.3 is 9.47 Å². The fourth-order valence-corrected chi connectivity index (χ4v) is 3.25. The van der Waals surface area contributed by atoms with Gasteiger partial charge in [-0.1, -0.05) is 59.1 Å². The van der Waals surface area contributed by atoms with E-state index in [2.05, 4.69) is 4.99 Å². The predicted molar refractivity (Wildman–Crippen MR) is 117 cm³/mol. The Balaban J connectivity index is 1.83. The maximum Gasteiger partial charge on any atom is 0.180 e. The van der Waals surface area contributed by atoms with E-state index in [0.29, 0.717) is 33.2 Å². The van der Waals surface area contributed by atoms with Crippen LogP contribution in [-0.2, 0) is 6.61 Å². The molecule has 0 saturated heterocycles. The minimum Gasteiger partial charge on any atom is -0.490 e. The first-order chi connectivity index (χ1) is 13.6. The number of hydrogen-bond donors (Lipinski definition) is 0. The zero-order valence-electron chi connectivity index (χ0n) is 15.2. The highest BCUT2D eigenvalue weighted by molar-refractivity contribution is 6.35. The highest BCUT2D eigenvalue weighted by Crippen LogP contribution is 2.37. The van der Waals surface area contributed by atoms with Crippen molar-refractivity contribution in [3.63, 3.8) is 0 Å². The van der Waals surface area contributed by atoms with Gasteiger partial charge in [0, 0.05) is 21.8 Å². The molecule has 0 spiro atoms. The van der Waals surface area contributed by atoms with Gasteiger partial charge in [-0.3, -0.25) is 4.99 Å². The van der Waals surface area contributed by atoms with Crippen LogP contribution in [0.4, 0.5) is 5.69 Å². The van der Waals surface area contributed by atoms with Crippen LogP contribution in [0.1, 0.15) is 18.1 Å². The number of nitrogens with zero attached hydrogens (tertiary/aromatic N) is 1. The summed E-state index contributed by atoms with van der Waals surface area (Å²) in [5.41, 5.74) is 2.47. The van der Waals surface area contributed by atoms with Crippen molar-refractivity contribution >= 4 is 46.7 Å². The van der Waals surface area contributed by atoms with Gasteiger partial charge in [0.2, 0.25) is 0 Å². The molecule has 28 heavy (non-hydrogen) atoms. The Morgan fingerprint density at radius 1 is 0.893 bits per heavy atom. The zero-order valence-corrected chi connectivity index (χ0v) is 17.4. The lowest BCUT2D eigenvalue weighted by Crippen LogP contribution is -2.02. The minimum absolute atomic E-state index is 0.243. The van der Waals surface area contributed by atoms with Crippen LogP contribution in [0.3, 0.4) is 0 Å². The molecule has 0 aromatic heterocycles. The molecule has 0 saturated carbocycles.